The van der Waals surface area contributed by atoms with Gasteiger partial charge in [-0.2, -0.15) is 5.26 Å². The van der Waals surface area contributed by atoms with Gasteiger partial charge in [0.05, 0.1) is 17.2 Å². The van der Waals surface area contributed by atoms with Gasteiger partial charge in [0.25, 0.3) is 0 Å². The summed E-state index contributed by atoms with van der Waals surface area (Å²) in [6.07, 6.45) is 0. The molecule has 5 rings (SSSR count). The molecule has 6 nitrogen and oxygen atoms in total. The van der Waals surface area contributed by atoms with Crippen LogP contribution in [0, 0.1) is 11.3 Å². The molecule has 1 aromatic heterocycles. The second-order valence-electron chi connectivity index (χ2n) is 6.97. The highest BCUT2D eigenvalue weighted by atomic mass is 79.9. The molecule has 1 aliphatic rings. The van der Waals surface area contributed by atoms with Crippen LogP contribution in [0.5, 0.6) is 11.6 Å². The Morgan fingerprint density at radius 2 is 1.93 bits per heavy atom. The smallest absolute Gasteiger partial charge is 0.244 e. The zero-order valence-corrected chi connectivity index (χ0v) is 17.1. The van der Waals surface area contributed by atoms with E-state index in [1.165, 1.54) is 0 Å². The summed E-state index contributed by atoms with van der Waals surface area (Å²) < 4.78 is 6.44. The molecule has 30 heavy (non-hydrogen) atoms. The minimum absolute atomic E-state index is 0.0228. The van der Waals surface area contributed by atoms with E-state index < -0.39 is 5.92 Å². The lowest BCUT2D eigenvalue weighted by Crippen LogP contribution is -2.21. The topological polar surface area (TPSA) is 108 Å². The Labute approximate surface area is 180 Å². The van der Waals surface area contributed by atoms with Crippen molar-refractivity contribution in [1.82, 2.24) is 10.2 Å². The molecular weight excluding hydrogens is 444 g/mol. The van der Waals surface area contributed by atoms with E-state index in [4.69, 9.17) is 10.5 Å². The van der Waals surface area contributed by atoms with Crippen LogP contribution in [0.15, 0.2) is 76.6 Å². The van der Waals surface area contributed by atoms with Crippen molar-refractivity contribution in [1.29, 1.82) is 5.26 Å². The molecule has 1 aliphatic heterocycles. The summed E-state index contributed by atoms with van der Waals surface area (Å²) >= 11 is 3.45. The molecule has 4 N–H and O–H groups in total. The Bertz CT molecular complexity index is 1380. The largest absolute Gasteiger partial charge is 0.508 e. The normalized spacial score (nSPS) is 15.5. The molecule has 0 saturated heterocycles. The van der Waals surface area contributed by atoms with Crippen LogP contribution < -0.4 is 10.5 Å². The Balaban J connectivity index is 1.82. The maximum absolute atomic E-state index is 10.6. The molecule has 4 aromatic rings. The van der Waals surface area contributed by atoms with Crippen molar-refractivity contribution < 1.29 is 9.84 Å². The zero-order valence-electron chi connectivity index (χ0n) is 15.6. The van der Waals surface area contributed by atoms with Crippen molar-refractivity contribution in [3.8, 4) is 29.0 Å². The van der Waals surface area contributed by atoms with Gasteiger partial charge in [0, 0.05) is 15.6 Å². The molecule has 0 radical (unpaired) electrons. The number of H-pyrrole nitrogens is 1. The lowest BCUT2D eigenvalue weighted by atomic mass is 9.82. The number of nitrogens with one attached hydrogen (secondary N) is 1. The summed E-state index contributed by atoms with van der Waals surface area (Å²) in [4.78, 5) is 0. The fourth-order valence-electron chi connectivity index (χ4n) is 3.96. The van der Waals surface area contributed by atoms with E-state index in [1.54, 1.807) is 18.2 Å². The lowest BCUT2D eigenvalue weighted by molar-refractivity contribution is 0.377. The standard InChI is InChI=1S/C23H15BrN4O2/c24-13-8-9-18(29)16(10-13)19-17(11-25)22(26)30-23-20(19)21(27-28-23)15-7-3-5-12-4-1-2-6-14(12)15/h1-10,19,29H,26H2,(H,27,28)/t19-/m1/s1. The van der Waals surface area contributed by atoms with E-state index in [-0.39, 0.29) is 17.2 Å². The van der Waals surface area contributed by atoms with Gasteiger partial charge in [-0.3, -0.25) is 5.10 Å². The minimum Gasteiger partial charge on any atom is -0.508 e. The number of allylic oxidation sites excluding steroid dienone is 1. The number of benzene rings is 3. The van der Waals surface area contributed by atoms with Gasteiger partial charge < -0.3 is 15.6 Å². The Hall–Kier alpha value is -3.76. The van der Waals surface area contributed by atoms with Gasteiger partial charge in [-0.05, 0) is 29.0 Å². The van der Waals surface area contributed by atoms with Gasteiger partial charge in [0.1, 0.15) is 17.4 Å². The predicted molar refractivity (Wildman–Crippen MR) is 117 cm³/mol. The van der Waals surface area contributed by atoms with Crippen molar-refractivity contribution in [2.45, 2.75) is 5.92 Å². The number of halogens is 1. The number of hydrogen-bond donors (Lipinski definition) is 3. The highest BCUT2D eigenvalue weighted by Crippen LogP contribution is 2.48. The first-order valence-corrected chi connectivity index (χ1v) is 10.00. The summed E-state index contributed by atoms with van der Waals surface area (Å²) in [5.74, 6) is -0.310. The third kappa shape index (κ3) is 2.73. The molecule has 2 heterocycles. The first kappa shape index (κ1) is 18.3. The summed E-state index contributed by atoms with van der Waals surface area (Å²) in [7, 11) is 0. The molecule has 146 valence electrons. The van der Waals surface area contributed by atoms with E-state index in [1.807, 2.05) is 42.5 Å². The number of aromatic amines is 1. The number of nitrogens with two attached hydrogens (primary N) is 1. The van der Waals surface area contributed by atoms with Gasteiger partial charge >= 0.3 is 0 Å². The average molecular weight is 459 g/mol. The molecule has 0 saturated carbocycles. The van der Waals surface area contributed by atoms with Gasteiger partial charge in [0.2, 0.25) is 11.8 Å². The Morgan fingerprint density at radius 1 is 1.13 bits per heavy atom. The van der Waals surface area contributed by atoms with Crippen LogP contribution in [0.4, 0.5) is 0 Å². The maximum Gasteiger partial charge on any atom is 0.244 e. The van der Waals surface area contributed by atoms with Gasteiger partial charge in [-0.1, -0.05) is 58.4 Å². The van der Waals surface area contributed by atoms with Gasteiger partial charge in [-0.25, -0.2) is 0 Å². The van der Waals surface area contributed by atoms with Crippen LogP contribution in [0.3, 0.4) is 0 Å². The van der Waals surface area contributed by atoms with Crippen molar-refractivity contribution in [2.24, 2.45) is 5.73 Å². The monoisotopic (exact) mass is 458 g/mol. The second kappa shape index (κ2) is 6.94. The number of phenolic OH excluding ortho intramolecular Hbond substituents is 1. The molecule has 0 aliphatic carbocycles. The molecule has 7 heteroatoms. The van der Waals surface area contributed by atoms with E-state index in [0.717, 1.165) is 20.8 Å². The molecule has 1 atom stereocenters. The van der Waals surface area contributed by atoms with E-state index in [9.17, 15) is 10.4 Å². The molecular formula is C23H15BrN4O2. The SMILES string of the molecule is N#CC1=C(N)Oc2n[nH]c(-c3cccc4ccccc34)c2[C@@H]1c1cc(Br)ccc1O. The summed E-state index contributed by atoms with van der Waals surface area (Å²) in [5, 5.41) is 30.0. The van der Waals surface area contributed by atoms with Crippen LogP contribution in [-0.2, 0) is 0 Å². The Morgan fingerprint density at radius 3 is 2.77 bits per heavy atom. The van der Waals surface area contributed by atoms with Crippen LogP contribution in [-0.4, -0.2) is 15.3 Å². The lowest BCUT2D eigenvalue weighted by Gasteiger charge is -2.25. The van der Waals surface area contributed by atoms with Crippen LogP contribution in [0.2, 0.25) is 0 Å². The van der Waals surface area contributed by atoms with Gasteiger partial charge in [0.15, 0.2) is 0 Å². The summed E-state index contributed by atoms with van der Waals surface area (Å²) in [6.45, 7) is 0. The number of nitriles is 1. The number of nitrogens with zero attached hydrogens (tertiary/aromatic N) is 2. The van der Waals surface area contributed by atoms with Crippen molar-refractivity contribution in [3.63, 3.8) is 0 Å². The quantitative estimate of drug-likeness (QED) is 0.395. The molecule has 3 aromatic carbocycles. The van der Waals surface area contributed by atoms with Crippen LogP contribution >= 0.6 is 15.9 Å². The third-order valence-electron chi connectivity index (χ3n) is 5.30. The summed E-state index contributed by atoms with van der Waals surface area (Å²) in [5.41, 5.74) is 9.10. The molecule has 0 spiro atoms. The maximum atomic E-state index is 10.6. The van der Waals surface area contributed by atoms with Crippen molar-refractivity contribution in [2.75, 3.05) is 0 Å². The third-order valence-corrected chi connectivity index (χ3v) is 5.79. The molecule has 0 unspecified atom stereocenters. The number of rotatable bonds is 2. The number of aromatic nitrogens is 2. The predicted octanol–water partition coefficient (Wildman–Crippen LogP) is 4.92. The van der Waals surface area contributed by atoms with E-state index in [0.29, 0.717) is 22.7 Å². The first-order valence-electron chi connectivity index (χ1n) is 9.21. The number of hydrogen-bond acceptors (Lipinski definition) is 5. The van der Waals surface area contributed by atoms with Crippen LogP contribution in [0.25, 0.3) is 22.0 Å². The van der Waals surface area contributed by atoms with Crippen molar-refractivity contribution in [3.05, 3.63) is 87.7 Å². The van der Waals surface area contributed by atoms with Crippen molar-refractivity contribution >= 4 is 26.7 Å². The minimum atomic E-state index is -0.635. The average Bonchev–Trinajstić information content (AvgIpc) is 3.17. The number of phenols is 1. The van der Waals surface area contributed by atoms with E-state index in [2.05, 4.69) is 32.2 Å². The first-order chi connectivity index (χ1) is 14.6. The number of ether oxygens (including phenoxy) is 1. The number of aromatic hydroxyl groups is 1. The fraction of sp³-hybridized carbons (Fsp3) is 0.0435. The highest BCUT2D eigenvalue weighted by Gasteiger charge is 2.37. The molecule has 0 fully saturated rings. The molecule has 0 amide bonds. The second-order valence-corrected chi connectivity index (χ2v) is 7.89. The zero-order chi connectivity index (χ0) is 20.8. The fourth-order valence-corrected chi connectivity index (χ4v) is 4.34. The Kier molecular flexibility index (Phi) is 4.23. The summed E-state index contributed by atoms with van der Waals surface area (Å²) in [6, 6.07) is 21.3. The van der Waals surface area contributed by atoms with Gasteiger partial charge in [-0.15, -0.1) is 5.10 Å². The van der Waals surface area contributed by atoms with E-state index >= 15 is 0 Å². The number of fused-ring (bicyclic) bond motifs is 2. The molecule has 0 bridgehead atoms. The van der Waals surface area contributed by atoms with Crippen LogP contribution in [0.1, 0.15) is 17.0 Å². The highest BCUT2D eigenvalue weighted by molar-refractivity contribution is 9.10.